The average Bonchev–Trinajstić information content (AvgIpc) is 3.07. The van der Waals surface area contributed by atoms with E-state index in [2.05, 4.69) is 10.3 Å². The first-order valence-corrected chi connectivity index (χ1v) is 9.01. The molecule has 0 radical (unpaired) electrons. The standard InChI is InChI=1S/C18H13ClF2N4O2S/c19-11-6-3-9(7-12(11)21)13-15(14(17(26)27)25-18(22)23)28-16(24-13)8-1-4-10(20)5-2-8/h1-7,14H,(H,26,27)(H4,22,23,25). The van der Waals surface area contributed by atoms with Crippen LogP contribution in [0.5, 0.6) is 0 Å². The Morgan fingerprint density at radius 2 is 1.86 bits per heavy atom. The van der Waals surface area contributed by atoms with Crippen LogP contribution in [0.3, 0.4) is 0 Å². The quantitative estimate of drug-likeness (QED) is 0.366. The van der Waals surface area contributed by atoms with Crippen LogP contribution in [-0.2, 0) is 4.79 Å². The van der Waals surface area contributed by atoms with Crippen LogP contribution < -0.4 is 11.1 Å². The lowest BCUT2D eigenvalue weighted by Gasteiger charge is -2.14. The van der Waals surface area contributed by atoms with Crippen LogP contribution in [0, 0.1) is 17.0 Å². The van der Waals surface area contributed by atoms with Crippen molar-refractivity contribution in [3.8, 4) is 21.8 Å². The SMILES string of the molecule is N=C(N)NC(C(=O)O)c1sc(-c2ccc(F)cc2)nc1-c1ccc(Cl)c(F)c1. The Kier molecular flexibility index (Phi) is 5.57. The lowest BCUT2D eigenvalue weighted by molar-refractivity contribution is -0.139. The molecule has 0 bridgehead atoms. The largest absolute Gasteiger partial charge is 0.479 e. The molecule has 1 atom stereocenters. The van der Waals surface area contributed by atoms with Gasteiger partial charge in [-0.15, -0.1) is 11.3 Å². The summed E-state index contributed by atoms with van der Waals surface area (Å²) in [6.45, 7) is 0. The summed E-state index contributed by atoms with van der Waals surface area (Å²) >= 11 is 6.74. The molecule has 144 valence electrons. The number of aromatic nitrogens is 1. The number of carboxylic acids is 1. The lowest BCUT2D eigenvalue weighted by atomic mass is 10.1. The van der Waals surface area contributed by atoms with E-state index in [1.807, 2.05) is 0 Å². The highest BCUT2D eigenvalue weighted by Gasteiger charge is 2.28. The van der Waals surface area contributed by atoms with Crippen molar-refractivity contribution in [1.29, 1.82) is 5.41 Å². The molecule has 0 saturated carbocycles. The van der Waals surface area contributed by atoms with Gasteiger partial charge in [0.2, 0.25) is 0 Å². The summed E-state index contributed by atoms with van der Waals surface area (Å²) in [7, 11) is 0. The third kappa shape index (κ3) is 4.10. The molecule has 0 fully saturated rings. The van der Waals surface area contributed by atoms with Crippen LogP contribution in [-0.4, -0.2) is 22.0 Å². The maximum atomic E-state index is 14.0. The molecular weight excluding hydrogens is 410 g/mol. The monoisotopic (exact) mass is 422 g/mol. The van der Waals surface area contributed by atoms with E-state index in [0.29, 0.717) is 16.1 Å². The molecule has 0 aliphatic carbocycles. The number of hydrogen-bond donors (Lipinski definition) is 4. The van der Waals surface area contributed by atoms with Crippen molar-refractivity contribution in [3.63, 3.8) is 0 Å². The van der Waals surface area contributed by atoms with Crippen molar-refractivity contribution in [3.05, 3.63) is 64.0 Å². The van der Waals surface area contributed by atoms with Crippen LogP contribution in [0.4, 0.5) is 8.78 Å². The molecule has 0 amide bonds. The number of benzene rings is 2. The zero-order chi connectivity index (χ0) is 20.4. The molecule has 1 aromatic heterocycles. The first-order chi connectivity index (χ1) is 13.3. The van der Waals surface area contributed by atoms with E-state index in [0.717, 1.165) is 17.4 Å². The Morgan fingerprint density at radius 3 is 2.43 bits per heavy atom. The summed E-state index contributed by atoms with van der Waals surface area (Å²) in [5.41, 5.74) is 6.36. The molecule has 0 spiro atoms. The Morgan fingerprint density at radius 1 is 1.21 bits per heavy atom. The minimum atomic E-state index is -1.38. The topological polar surface area (TPSA) is 112 Å². The highest BCUT2D eigenvalue weighted by Crippen LogP contribution is 2.38. The Balaban J connectivity index is 2.19. The van der Waals surface area contributed by atoms with E-state index in [1.54, 1.807) is 0 Å². The van der Waals surface area contributed by atoms with E-state index in [4.69, 9.17) is 22.7 Å². The van der Waals surface area contributed by atoms with Gasteiger partial charge in [-0.05, 0) is 36.4 Å². The van der Waals surface area contributed by atoms with Crippen molar-refractivity contribution >= 4 is 34.9 Å². The van der Waals surface area contributed by atoms with Crippen molar-refractivity contribution in [1.82, 2.24) is 10.3 Å². The van der Waals surface area contributed by atoms with Gasteiger partial charge in [0.05, 0.1) is 15.6 Å². The fourth-order valence-electron chi connectivity index (χ4n) is 2.49. The number of aliphatic carboxylic acids is 1. The van der Waals surface area contributed by atoms with Crippen molar-refractivity contribution in [2.24, 2.45) is 5.73 Å². The first-order valence-electron chi connectivity index (χ1n) is 7.81. The first kappa shape index (κ1) is 19.7. The minimum absolute atomic E-state index is 0.0871. The highest BCUT2D eigenvalue weighted by atomic mass is 35.5. The molecule has 3 aromatic rings. The molecule has 28 heavy (non-hydrogen) atoms. The second-order valence-electron chi connectivity index (χ2n) is 5.70. The van der Waals surface area contributed by atoms with Crippen LogP contribution in [0.1, 0.15) is 10.9 Å². The number of thiazole rings is 1. The summed E-state index contributed by atoms with van der Waals surface area (Å²) < 4.78 is 27.2. The smallest absolute Gasteiger partial charge is 0.331 e. The van der Waals surface area contributed by atoms with E-state index in [-0.39, 0.29) is 15.6 Å². The van der Waals surface area contributed by atoms with E-state index in [9.17, 15) is 18.7 Å². The zero-order valence-electron chi connectivity index (χ0n) is 14.0. The Bertz CT molecular complexity index is 1060. The average molecular weight is 423 g/mol. The molecule has 0 saturated heterocycles. The van der Waals surface area contributed by atoms with Gasteiger partial charge in [0, 0.05) is 11.1 Å². The summed E-state index contributed by atoms with van der Waals surface area (Å²) in [4.78, 5) is 16.4. The number of carboxylic acid groups (broad SMARTS) is 1. The van der Waals surface area contributed by atoms with Crippen LogP contribution >= 0.6 is 22.9 Å². The van der Waals surface area contributed by atoms with Crippen molar-refractivity contribution in [2.75, 3.05) is 0 Å². The predicted octanol–water partition coefficient (Wildman–Crippen LogP) is 4.02. The number of halogens is 3. The van der Waals surface area contributed by atoms with Crippen LogP contribution in [0.2, 0.25) is 5.02 Å². The number of nitrogens with zero attached hydrogens (tertiary/aromatic N) is 1. The molecule has 1 unspecified atom stereocenters. The second-order valence-corrected chi connectivity index (χ2v) is 7.13. The second kappa shape index (κ2) is 7.91. The van der Waals surface area contributed by atoms with Gasteiger partial charge in [0.1, 0.15) is 16.6 Å². The van der Waals surface area contributed by atoms with Crippen molar-refractivity contribution < 1.29 is 18.7 Å². The van der Waals surface area contributed by atoms with Gasteiger partial charge in [-0.3, -0.25) is 5.41 Å². The highest BCUT2D eigenvalue weighted by molar-refractivity contribution is 7.15. The summed E-state index contributed by atoms with van der Waals surface area (Å²) in [5.74, 6) is -2.95. The van der Waals surface area contributed by atoms with Crippen LogP contribution in [0.25, 0.3) is 21.8 Å². The third-order valence-corrected chi connectivity index (χ3v) is 5.22. The normalized spacial score (nSPS) is 11.8. The van der Waals surface area contributed by atoms with Gasteiger partial charge in [-0.1, -0.05) is 17.7 Å². The number of guanidine groups is 1. The fourth-order valence-corrected chi connectivity index (χ4v) is 3.74. The Labute approximate surface area is 167 Å². The van der Waals surface area contributed by atoms with Gasteiger partial charge in [0.25, 0.3) is 0 Å². The number of nitrogens with two attached hydrogens (primary N) is 1. The molecule has 6 nitrogen and oxygen atoms in total. The number of carbonyl (C=O) groups is 1. The van der Waals surface area contributed by atoms with Crippen LogP contribution in [0.15, 0.2) is 42.5 Å². The predicted molar refractivity (Wildman–Crippen MR) is 103 cm³/mol. The lowest BCUT2D eigenvalue weighted by Crippen LogP contribution is -2.37. The maximum absolute atomic E-state index is 14.0. The molecule has 10 heteroatoms. The molecule has 3 rings (SSSR count). The molecule has 0 aliphatic heterocycles. The zero-order valence-corrected chi connectivity index (χ0v) is 15.6. The van der Waals surface area contributed by atoms with Gasteiger partial charge >= 0.3 is 5.97 Å². The molecule has 2 aromatic carbocycles. The molecule has 1 heterocycles. The van der Waals surface area contributed by atoms with Gasteiger partial charge in [-0.25, -0.2) is 18.6 Å². The van der Waals surface area contributed by atoms with E-state index in [1.165, 1.54) is 36.4 Å². The number of rotatable bonds is 5. The van der Waals surface area contributed by atoms with E-state index < -0.39 is 29.6 Å². The molecule has 5 N–H and O–H groups in total. The number of hydrogen-bond acceptors (Lipinski definition) is 4. The minimum Gasteiger partial charge on any atom is -0.479 e. The Hall–Kier alpha value is -3.04. The maximum Gasteiger partial charge on any atom is 0.331 e. The molecular formula is C18H13ClF2N4O2S. The van der Waals surface area contributed by atoms with Gasteiger partial charge < -0.3 is 16.2 Å². The summed E-state index contributed by atoms with van der Waals surface area (Å²) in [6, 6.07) is 8.10. The van der Waals surface area contributed by atoms with Gasteiger partial charge in [0.15, 0.2) is 12.0 Å². The van der Waals surface area contributed by atoms with Gasteiger partial charge in [-0.2, -0.15) is 0 Å². The molecule has 0 aliphatic rings. The van der Waals surface area contributed by atoms with E-state index >= 15 is 0 Å². The van der Waals surface area contributed by atoms with Crippen molar-refractivity contribution in [2.45, 2.75) is 6.04 Å². The fraction of sp³-hybridized carbons (Fsp3) is 0.0556. The summed E-state index contributed by atoms with van der Waals surface area (Å²) in [6.07, 6.45) is 0. The third-order valence-electron chi connectivity index (χ3n) is 3.75. The number of nitrogens with one attached hydrogen (secondary N) is 2. The summed E-state index contributed by atoms with van der Waals surface area (Å²) in [5, 5.41) is 19.6.